The molecule has 0 aliphatic carbocycles. The summed E-state index contributed by atoms with van der Waals surface area (Å²) in [6, 6.07) is 1.78. The van der Waals surface area contributed by atoms with E-state index in [1.54, 1.807) is 25.6 Å². The second-order valence-electron chi connectivity index (χ2n) is 4.56. The molecule has 21 heavy (non-hydrogen) atoms. The zero-order valence-electron chi connectivity index (χ0n) is 11.4. The number of nitrogens with one attached hydrogen (secondary N) is 1. The highest BCUT2D eigenvalue weighted by Crippen LogP contribution is 2.15. The molecule has 0 fully saturated rings. The highest BCUT2D eigenvalue weighted by Gasteiger charge is 2.13. The molecule has 0 saturated heterocycles. The lowest BCUT2D eigenvalue weighted by molar-refractivity contribution is 0.192. The van der Waals surface area contributed by atoms with Crippen LogP contribution in [0.25, 0.3) is 10.9 Å². The van der Waals surface area contributed by atoms with E-state index in [1.165, 1.54) is 6.20 Å². The number of allylic oxidation sites excluding steroid dienone is 1. The van der Waals surface area contributed by atoms with Crippen LogP contribution in [0.5, 0.6) is 6.01 Å². The van der Waals surface area contributed by atoms with Gasteiger partial charge in [0.25, 0.3) is 5.56 Å². The van der Waals surface area contributed by atoms with E-state index in [9.17, 15) is 4.79 Å². The van der Waals surface area contributed by atoms with Crippen LogP contribution >= 0.6 is 0 Å². The summed E-state index contributed by atoms with van der Waals surface area (Å²) >= 11 is 0. The lowest BCUT2D eigenvalue weighted by Gasteiger charge is -2.04. The number of hydrogen-bond donors (Lipinski definition) is 1. The molecule has 2 aromatic heterocycles. The molecule has 3 heterocycles. The zero-order valence-corrected chi connectivity index (χ0v) is 11.4. The van der Waals surface area contributed by atoms with Gasteiger partial charge >= 0.3 is 6.01 Å². The number of fused-ring (bicyclic) bond motifs is 1. The second kappa shape index (κ2) is 5.84. The monoisotopic (exact) mass is 286 g/mol. The number of H-pyrrole nitrogens is 1. The van der Waals surface area contributed by atoms with Gasteiger partial charge < -0.3 is 9.47 Å². The van der Waals surface area contributed by atoms with E-state index in [4.69, 9.17) is 9.47 Å². The number of pyridine rings is 1. The summed E-state index contributed by atoms with van der Waals surface area (Å²) in [5.74, 6) is 0.558. The molecule has 1 aliphatic heterocycles. The maximum Gasteiger partial charge on any atom is 0.302 e. The van der Waals surface area contributed by atoms with Crippen LogP contribution in [0.1, 0.15) is 6.42 Å². The molecule has 7 heteroatoms. The minimum Gasteiger partial charge on any atom is -0.424 e. The van der Waals surface area contributed by atoms with Crippen molar-refractivity contribution in [3.8, 4) is 6.01 Å². The lowest BCUT2D eigenvalue weighted by atomic mass is 10.2. The quantitative estimate of drug-likeness (QED) is 0.888. The van der Waals surface area contributed by atoms with Crippen LogP contribution < -0.4 is 10.3 Å². The Balaban J connectivity index is 1.80. The lowest BCUT2D eigenvalue weighted by Crippen LogP contribution is -2.11. The molecule has 0 amide bonds. The molecule has 1 unspecified atom stereocenters. The summed E-state index contributed by atoms with van der Waals surface area (Å²) < 4.78 is 10.6. The van der Waals surface area contributed by atoms with Gasteiger partial charge in [-0.05, 0) is 18.6 Å². The van der Waals surface area contributed by atoms with E-state index in [0.717, 1.165) is 6.42 Å². The number of methoxy groups -OCH3 is 1. The van der Waals surface area contributed by atoms with E-state index in [0.29, 0.717) is 23.3 Å². The highest BCUT2D eigenvalue weighted by atomic mass is 16.5. The van der Waals surface area contributed by atoms with Crippen LogP contribution in [0, 0.1) is 0 Å². The number of hydrogen-bond acceptors (Lipinski definition) is 6. The Morgan fingerprint density at radius 3 is 3.19 bits per heavy atom. The SMILES string of the molecule is COCCC1C=C(Oc2nc3cnccc3c(=O)[nH]2)C=N1. The molecule has 1 aliphatic rings. The zero-order chi connectivity index (χ0) is 14.7. The van der Waals surface area contributed by atoms with Crippen molar-refractivity contribution < 1.29 is 9.47 Å². The Morgan fingerprint density at radius 2 is 2.33 bits per heavy atom. The summed E-state index contributed by atoms with van der Waals surface area (Å²) in [7, 11) is 1.65. The number of nitrogens with zero attached hydrogens (tertiary/aromatic N) is 3. The standard InChI is InChI=1S/C14H14N4O3/c1-20-5-3-9-6-10(7-16-9)21-14-17-12-8-15-4-2-11(12)13(19)18-14/h2,4,6-9H,3,5H2,1H3,(H,17,18,19). The maximum atomic E-state index is 11.9. The van der Waals surface area contributed by atoms with Crippen molar-refractivity contribution in [3.05, 3.63) is 40.6 Å². The molecule has 0 radical (unpaired) electrons. The van der Waals surface area contributed by atoms with Gasteiger partial charge in [-0.15, -0.1) is 0 Å². The molecular formula is C14H14N4O3. The number of aliphatic imine (C=N–C) groups is 1. The molecular weight excluding hydrogens is 272 g/mol. The first-order valence-corrected chi connectivity index (χ1v) is 6.52. The molecule has 0 aromatic carbocycles. The van der Waals surface area contributed by atoms with Crippen molar-refractivity contribution >= 4 is 17.1 Å². The highest BCUT2D eigenvalue weighted by molar-refractivity contribution is 5.80. The predicted molar refractivity (Wildman–Crippen MR) is 77.6 cm³/mol. The molecule has 7 nitrogen and oxygen atoms in total. The van der Waals surface area contributed by atoms with Gasteiger partial charge in [0.05, 0.1) is 29.4 Å². The predicted octanol–water partition coefficient (Wildman–Crippen LogP) is 1.07. The van der Waals surface area contributed by atoms with Gasteiger partial charge in [-0.2, -0.15) is 4.98 Å². The molecule has 1 atom stereocenters. The summed E-state index contributed by atoms with van der Waals surface area (Å²) in [6.45, 7) is 0.627. The fourth-order valence-corrected chi connectivity index (χ4v) is 2.03. The van der Waals surface area contributed by atoms with Gasteiger partial charge in [0.1, 0.15) is 5.76 Å². The Kier molecular flexibility index (Phi) is 3.74. The van der Waals surface area contributed by atoms with Crippen molar-refractivity contribution in [1.29, 1.82) is 0 Å². The van der Waals surface area contributed by atoms with Gasteiger partial charge in [0.2, 0.25) is 0 Å². The first-order valence-electron chi connectivity index (χ1n) is 6.52. The number of ether oxygens (including phenoxy) is 2. The number of rotatable bonds is 5. The Bertz CT molecular complexity index is 766. The summed E-state index contributed by atoms with van der Waals surface area (Å²) in [5, 5.41) is 0.476. The molecule has 1 N–H and O–H groups in total. The van der Waals surface area contributed by atoms with Gasteiger partial charge in [0.15, 0.2) is 0 Å². The second-order valence-corrected chi connectivity index (χ2v) is 4.56. The topological polar surface area (TPSA) is 89.5 Å². The van der Waals surface area contributed by atoms with Gasteiger partial charge in [0, 0.05) is 19.9 Å². The summed E-state index contributed by atoms with van der Waals surface area (Å²) in [5.41, 5.74) is 0.228. The normalized spacial score (nSPS) is 17.2. The Morgan fingerprint density at radius 1 is 1.43 bits per heavy atom. The van der Waals surface area contributed by atoms with Gasteiger partial charge in [-0.25, -0.2) is 0 Å². The Hall–Kier alpha value is -2.54. The molecule has 0 bridgehead atoms. The third kappa shape index (κ3) is 2.97. The number of aromatic nitrogens is 3. The van der Waals surface area contributed by atoms with Crippen molar-refractivity contribution in [2.75, 3.05) is 13.7 Å². The van der Waals surface area contributed by atoms with Crippen molar-refractivity contribution in [1.82, 2.24) is 15.0 Å². The summed E-state index contributed by atoms with van der Waals surface area (Å²) in [4.78, 5) is 26.9. The van der Waals surface area contributed by atoms with Crippen LogP contribution in [0.3, 0.4) is 0 Å². The van der Waals surface area contributed by atoms with Crippen LogP contribution in [0.4, 0.5) is 0 Å². The summed E-state index contributed by atoms with van der Waals surface area (Å²) in [6.07, 6.45) is 7.34. The van der Waals surface area contributed by atoms with E-state index >= 15 is 0 Å². The smallest absolute Gasteiger partial charge is 0.302 e. The first kappa shape index (κ1) is 13.4. The van der Waals surface area contributed by atoms with Crippen molar-refractivity contribution in [3.63, 3.8) is 0 Å². The van der Waals surface area contributed by atoms with Crippen LogP contribution in [0.15, 0.2) is 40.1 Å². The van der Waals surface area contributed by atoms with Crippen molar-refractivity contribution in [2.24, 2.45) is 4.99 Å². The molecule has 3 rings (SSSR count). The largest absolute Gasteiger partial charge is 0.424 e. The van der Waals surface area contributed by atoms with E-state index in [1.807, 2.05) is 6.08 Å². The Labute approximate surface area is 120 Å². The molecule has 0 saturated carbocycles. The van der Waals surface area contributed by atoms with Crippen LogP contribution in [0.2, 0.25) is 0 Å². The minimum atomic E-state index is -0.260. The number of aromatic amines is 1. The van der Waals surface area contributed by atoms with Crippen molar-refractivity contribution in [2.45, 2.75) is 12.5 Å². The average molecular weight is 286 g/mol. The van der Waals surface area contributed by atoms with Crippen LogP contribution in [-0.2, 0) is 4.74 Å². The fourth-order valence-electron chi connectivity index (χ4n) is 2.03. The average Bonchev–Trinajstić information content (AvgIpc) is 2.92. The third-order valence-corrected chi connectivity index (χ3v) is 3.07. The first-order chi connectivity index (χ1) is 10.3. The molecule has 0 spiro atoms. The molecule has 2 aromatic rings. The van der Waals surface area contributed by atoms with Gasteiger partial charge in [-0.1, -0.05) is 0 Å². The van der Waals surface area contributed by atoms with E-state index < -0.39 is 0 Å². The van der Waals surface area contributed by atoms with E-state index in [-0.39, 0.29) is 17.6 Å². The minimum absolute atomic E-state index is 0.0359. The van der Waals surface area contributed by atoms with Gasteiger partial charge in [-0.3, -0.25) is 19.8 Å². The molecule has 108 valence electrons. The van der Waals surface area contributed by atoms with E-state index in [2.05, 4.69) is 19.9 Å². The maximum absolute atomic E-state index is 11.9. The van der Waals surface area contributed by atoms with Crippen LogP contribution in [-0.4, -0.2) is 40.9 Å². The third-order valence-electron chi connectivity index (χ3n) is 3.07. The fraction of sp³-hybridized carbons (Fsp3) is 0.286.